The molecule has 2 saturated heterocycles. The molecule has 8 nitrogen and oxygen atoms in total. The molecule has 1 aliphatic carbocycles. The summed E-state index contributed by atoms with van der Waals surface area (Å²) in [5.74, 6) is -0.768. The van der Waals surface area contributed by atoms with Gasteiger partial charge in [-0.15, -0.1) is 0 Å². The molecule has 0 N–H and O–H groups in total. The Balaban J connectivity index is 1.36. The van der Waals surface area contributed by atoms with Crippen LogP contribution >= 0.6 is 0 Å². The predicted octanol–water partition coefficient (Wildman–Crippen LogP) is 4.74. The van der Waals surface area contributed by atoms with E-state index in [-0.39, 0.29) is 24.5 Å². The number of benzene rings is 1. The Morgan fingerprint density at radius 3 is 2.54 bits per heavy atom. The summed E-state index contributed by atoms with van der Waals surface area (Å²) in [7, 11) is 1.89. The van der Waals surface area contributed by atoms with Crippen molar-refractivity contribution in [3.05, 3.63) is 46.4 Å². The van der Waals surface area contributed by atoms with Crippen molar-refractivity contribution in [3.63, 3.8) is 0 Å². The highest BCUT2D eigenvalue weighted by atomic mass is 19.1. The summed E-state index contributed by atoms with van der Waals surface area (Å²) < 4.78 is 28.7. The van der Waals surface area contributed by atoms with Crippen LogP contribution in [-0.4, -0.2) is 53.4 Å². The van der Waals surface area contributed by atoms with Crippen molar-refractivity contribution in [2.45, 2.75) is 83.2 Å². The molecule has 220 valence electrons. The lowest BCUT2D eigenvalue weighted by molar-refractivity contribution is -0.185. The van der Waals surface area contributed by atoms with Gasteiger partial charge in [0, 0.05) is 37.7 Å². The number of nitrogens with zero attached hydrogens (tertiary/aromatic N) is 4. The Kier molecular flexibility index (Phi) is 8.24. The normalized spacial score (nSPS) is 24.0. The van der Waals surface area contributed by atoms with E-state index in [1.165, 1.54) is 6.07 Å². The number of rotatable bonds is 8. The Bertz CT molecular complexity index is 1330. The predicted molar refractivity (Wildman–Crippen MR) is 152 cm³/mol. The molecular weight excluding hydrogens is 523 g/mol. The molecule has 0 amide bonds. The first-order valence-electron chi connectivity index (χ1n) is 14.9. The highest BCUT2D eigenvalue weighted by Gasteiger charge is 2.51. The van der Waals surface area contributed by atoms with Crippen molar-refractivity contribution < 1.29 is 23.5 Å². The molecule has 0 spiro atoms. The minimum Gasteiger partial charge on any atom is -0.458 e. The number of hydrogen-bond donors (Lipinski definition) is 0. The molecule has 9 heteroatoms. The van der Waals surface area contributed by atoms with Crippen molar-refractivity contribution in [2.24, 2.45) is 18.9 Å². The van der Waals surface area contributed by atoms with Gasteiger partial charge in [0.15, 0.2) is 5.78 Å². The summed E-state index contributed by atoms with van der Waals surface area (Å²) in [6.45, 7) is 8.02. The lowest BCUT2D eigenvalue weighted by Gasteiger charge is -2.43. The summed E-state index contributed by atoms with van der Waals surface area (Å²) in [6.07, 6.45) is 5.32. The average Bonchev–Trinajstić information content (AvgIpc) is 3.58. The smallest absolute Gasteiger partial charge is 0.317 e. The third-order valence-corrected chi connectivity index (χ3v) is 9.40. The molecular formula is C32H41FN4O4. The molecule has 3 heterocycles. The maximum atomic E-state index is 15.0. The van der Waals surface area contributed by atoms with Gasteiger partial charge in [0.05, 0.1) is 30.4 Å². The zero-order valence-corrected chi connectivity index (χ0v) is 24.7. The second kappa shape index (κ2) is 11.6. The number of carbonyl (C=O) groups excluding carboxylic acids is 2. The van der Waals surface area contributed by atoms with Gasteiger partial charge < -0.3 is 14.4 Å². The number of Topliss-reactive ketones (excluding diaryl/α,β-unsaturated/α-hetero) is 1. The number of nitriles is 1. The minimum atomic E-state index is -0.928. The van der Waals surface area contributed by atoms with Gasteiger partial charge >= 0.3 is 5.97 Å². The third kappa shape index (κ3) is 5.76. The zero-order valence-electron chi connectivity index (χ0n) is 24.7. The van der Waals surface area contributed by atoms with Gasteiger partial charge in [-0.05, 0) is 70.4 Å². The number of anilines is 1. The number of hydrogen-bond acceptors (Lipinski definition) is 7. The molecule has 2 unspecified atom stereocenters. The first kappa shape index (κ1) is 29.2. The first-order valence-corrected chi connectivity index (χ1v) is 14.9. The zero-order chi connectivity index (χ0) is 29.4. The fourth-order valence-corrected chi connectivity index (χ4v) is 7.02. The summed E-state index contributed by atoms with van der Waals surface area (Å²) in [5, 5.41) is 14.0. The highest BCUT2D eigenvalue weighted by molar-refractivity contribution is 6.02. The number of morpholine rings is 1. The molecule has 1 saturated carbocycles. The van der Waals surface area contributed by atoms with Crippen LogP contribution in [0.2, 0.25) is 0 Å². The minimum absolute atomic E-state index is 0.0818. The van der Waals surface area contributed by atoms with Crippen LogP contribution in [0, 0.1) is 35.9 Å². The summed E-state index contributed by atoms with van der Waals surface area (Å²) >= 11 is 0. The maximum Gasteiger partial charge on any atom is 0.317 e. The average molecular weight is 565 g/mol. The van der Waals surface area contributed by atoms with Crippen molar-refractivity contribution >= 4 is 17.6 Å². The van der Waals surface area contributed by atoms with Crippen LogP contribution in [0.5, 0.6) is 0 Å². The number of carbonyl (C=O) groups is 2. The molecule has 1 aromatic heterocycles. The maximum absolute atomic E-state index is 15.0. The lowest BCUT2D eigenvalue weighted by Crippen LogP contribution is -2.52. The fraction of sp³-hybridized carbons (Fsp3) is 0.625. The van der Waals surface area contributed by atoms with Crippen LogP contribution in [0.15, 0.2) is 18.2 Å². The molecule has 3 fully saturated rings. The molecule has 2 atom stereocenters. The lowest BCUT2D eigenvalue weighted by atomic mass is 9.73. The number of aryl methyl sites for hydroxylation is 3. The quantitative estimate of drug-likeness (QED) is 0.337. The van der Waals surface area contributed by atoms with E-state index in [1.54, 1.807) is 19.9 Å². The van der Waals surface area contributed by atoms with Gasteiger partial charge in [0.25, 0.3) is 0 Å². The van der Waals surface area contributed by atoms with Crippen molar-refractivity contribution in [1.82, 2.24) is 9.78 Å². The topological polar surface area (TPSA) is 97.5 Å². The van der Waals surface area contributed by atoms with E-state index in [9.17, 15) is 19.2 Å². The molecule has 1 aromatic carbocycles. The molecule has 3 aliphatic rings. The van der Waals surface area contributed by atoms with Crippen molar-refractivity contribution in [2.75, 3.05) is 31.2 Å². The van der Waals surface area contributed by atoms with Gasteiger partial charge in [0.2, 0.25) is 0 Å². The van der Waals surface area contributed by atoms with Gasteiger partial charge in [-0.3, -0.25) is 14.3 Å². The van der Waals surface area contributed by atoms with Crippen LogP contribution < -0.4 is 4.90 Å². The molecule has 0 bridgehead atoms. The molecule has 2 aromatic rings. The first-order chi connectivity index (χ1) is 19.5. The SMILES string of the molecule is Cc1nn(C)c(N2CCOCC2)c1CC1C(=O)CC(CCc2ccc(C(C)(C)C#N)c(F)c2)(C2CCCC2)OC1=O. The highest BCUT2D eigenvalue weighted by Crippen LogP contribution is 2.45. The van der Waals surface area contributed by atoms with Crippen LogP contribution in [0.3, 0.4) is 0 Å². The number of ether oxygens (including phenoxy) is 2. The molecule has 2 aliphatic heterocycles. The molecule has 41 heavy (non-hydrogen) atoms. The van der Waals surface area contributed by atoms with E-state index in [0.29, 0.717) is 31.6 Å². The van der Waals surface area contributed by atoms with Gasteiger partial charge in [-0.25, -0.2) is 4.39 Å². The van der Waals surface area contributed by atoms with E-state index >= 15 is 0 Å². The number of cyclic esters (lactones) is 1. The van der Waals surface area contributed by atoms with Crippen LogP contribution in [0.1, 0.15) is 74.8 Å². The van der Waals surface area contributed by atoms with Gasteiger partial charge in [0.1, 0.15) is 23.2 Å². The van der Waals surface area contributed by atoms with E-state index in [1.807, 2.05) is 24.7 Å². The van der Waals surface area contributed by atoms with Gasteiger partial charge in [-0.1, -0.05) is 25.0 Å². The summed E-state index contributed by atoms with van der Waals surface area (Å²) in [4.78, 5) is 29.6. The standard InChI is InChI=1S/C32H41FN4O4/c1-21-24(29(36(4)35-21)37-13-15-40-16-14-37)18-25-28(38)19-32(41-30(25)39,23-7-5-6-8-23)12-11-22-9-10-26(27(33)17-22)31(2,3)20-34/h9-10,17,23,25H,5-8,11-16,18-19H2,1-4H3. The monoisotopic (exact) mass is 564 g/mol. The van der Waals surface area contributed by atoms with Crippen molar-refractivity contribution in [3.8, 4) is 6.07 Å². The Hall–Kier alpha value is -3.25. The Labute approximate surface area is 241 Å². The van der Waals surface area contributed by atoms with E-state index in [4.69, 9.17) is 9.47 Å². The summed E-state index contributed by atoms with van der Waals surface area (Å²) in [6, 6.07) is 7.14. The Morgan fingerprint density at radius 1 is 1.20 bits per heavy atom. The van der Waals surface area contributed by atoms with E-state index in [2.05, 4.69) is 16.1 Å². The second-order valence-electron chi connectivity index (χ2n) is 12.5. The number of ketones is 1. The summed E-state index contributed by atoms with van der Waals surface area (Å²) in [5.41, 5.74) is 1.05. The fourth-order valence-electron chi connectivity index (χ4n) is 7.02. The van der Waals surface area contributed by atoms with E-state index in [0.717, 1.165) is 61.4 Å². The second-order valence-corrected chi connectivity index (χ2v) is 12.5. The molecule has 5 rings (SSSR count). The van der Waals surface area contributed by atoms with Gasteiger partial charge in [-0.2, -0.15) is 10.4 Å². The van der Waals surface area contributed by atoms with E-state index < -0.39 is 28.7 Å². The van der Waals surface area contributed by atoms with Crippen LogP contribution in [-0.2, 0) is 44.4 Å². The molecule has 0 radical (unpaired) electrons. The third-order valence-electron chi connectivity index (χ3n) is 9.40. The number of esters is 1. The van der Waals surface area contributed by atoms with Crippen molar-refractivity contribution in [1.29, 1.82) is 5.26 Å². The largest absolute Gasteiger partial charge is 0.458 e. The van der Waals surface area contributed by atoms with Crippen LogP contribution in [0.4, 0.5) is 10.2 Å². The number of aromatic nitrogens is 2. The Morgan fingerprint density at radius 2 is 1.90 bits per heavy atom. The number of halogens is 1. The van der Waals surface area contributed by atoms with Crippen LogP contribution in [0.25, 0.3) is 0 Å².